The summed E-state index contributed by atoms with van der Waals surface area (Å²) < 4.78 is 0. The van der Waals surface area contributed by atoms with E-state index in [-0.39, 0.29) is 30.4 Å². The number of guanidine groups is 2. The second kappa shape index (κ2) is 12.6. The van der Waals surface area contributed by atoms with Gasteiger partial charge in [0.05, 0.1) is 5.54 Å². The molecular formula is C14H36Cl2N6. The molecule has 0 fully saturated rings. The summed E-state index contributed by atoms with van der Waals surface area (Å²) in [7, 11) is 15.4. The van der Waals surface area contributed by atoms with Gasteiger partial charge >= 0.3 is 0 Å². The molecule has 0 unspecified atom stereocenters. The molecule has 0 aliphatic carbocycles. The fraction of sp³-hybridized carbons (Fsp3) is 0.857. The number of nitrogens with zero attached hydrogens (tertiary/aromatic N) is 5. The van der Waals surface area contributed by atoms with Crippen LogP contribution in [0.1, 0.15) is 20.8 Å². The lowest BCUT2D eigenvalue weighted by Crippen LogP contribution is -2.37. The van der Waals surface area contributed by atoms with Gasteiger partial charge in [-0.25, -0.2) is 4.99 Å². The molecule has 22 heavy (non-hydrogen) atoms. The highest BCUT2D eigenvalue weighted by atomic mass is 35.5. The topological polar surface area (TPSA) is 49.2 Å². The van der Waals surface area contributed by atoms with Gasteiger partial charge in [-0.15, -0.1) is 24.8 Å². The quantitative estimate of drug-likeness (QED) is 0.532. The second-order valence-electron chi connectivity index (χ2n) is 6.48. The molecule has 0 aromatic heterocycles. The van der Waals surface area contributed by atoms with E-state index in [0.717, 1.165) is 5.96 Å². The van der Waals surface area contributed by atoms with Crippen LogP contribution in [0.25, 0.3) is 0 Å². The van der Waals surface area contributed by atoms with Gasteiger partial charge in [-0.05, 0) is 20.8 Å². The zero-order valence-corrected chi connectivity index (χ0v) is 17.7. The Morgan fingerprint density at radius 2 is 0.955 bits per heavy atom. The number of rotatable bonds is 0. The average Bonchev–Trinajstić information content (AvgIpc) is 2.23. The van der Waals surface area contributed by atoms with Gasteiger partial charge in [0.1, 0.15) is 0 Å². The number of halogens is 2. The van der Waals surface area contributed by atoms with Gasteiger partial charge in [0.15, 0.2) is 11.9 Å². The summed E-state index contributed by atoms with van der Waals surface area (Å²) in [5, 5.41) is 7.25. The Balaban J connectivity index is -0.000000144. The predicted octanol–water partition coefficient (Wildman–Crippen LogP) is 2.15. The van der Waals surface area contributed by atoms with E-state index in [4.69, 9.17) is 5.41 Å². The lowest BCUT2D eigenvalue weighted by molar-refractivity contribution is 0.455. The van der Waals surface area contributed by atoms with E-state index >= 15 is 0 Å². The summed E-state index contributed by atoms with van der Waals surface area (Å²) in [6.45, 7) is 6.29. The van der Waals surface area contributed by atoms with Crippen LogP contribution in [0.15, 0.2) is 4.99 Å². The predicted molar refractivity (Wildman–Crippen MR) is 104 cm³/mol. The van der Waals surface area contributed by atoms with Gasteiger partial charge in [0, 0.05) is 56.4 Å². The van der Waals surface area contributed by atoms with Crippen LogP contribution in [-0.2, 0) is 0 Å². The van der Waals surface area contributed by atoms with E-state index in [9.17, 15) is 0 Å². The van der Waals surface area contributed by atoms with Crippen molar-refractivity contribution in [1.29, 1.82) is 5.41 Å². The standard InChI is InChI=1S/C9H21N3.C5H13N3.2ClH/c1-9(2,3)10-8(11(4)5)12(6)7;1-7(2)5(6)8(3)4;;/h1-7H3;6H,1-4H3;2*1H. The fourth-order valence-electron chi connectivity index (χ4n) is 1.30. The van der Waals surface area contributed by atoms with Crippen molar-refractivity contribution in [1.82, 2.24) is 19.6 Å². The van der Waals surface area contributed by atoms with Gasteiger partial charge in [0.2, 0.25) is 0 Å². The Bertz CT molecular complexity index is 300. The lowest BCUT2D eigenvalue weighted by Gasteiger charge is -2.26. The minimum atomic E-state index is -0.0100. The molecule has 6 nitrogen and oxygen atoms in total. The number of hydrogen-bond donors (Lipinski definition) is 1. The molecule has 8 heteroatoms. The Kier molecular flexibility index (Phi) is 16.8. The van der Waals surface area contributed by atoms with Crippen LogP contribution in [0.3, 0.4) is 0 Å². The SMILES string of the molecule is CN(C)C(=N)N(C)C.CN(C)C(=NC(C)(C)C)N(C)C.Cl.Cl. The van der Waals surface area contributed by atoms with Crippen molar-refractivity contribution in [3.8, 4) is 0 Å². The van der Waals surface area contributed by atoms with Crippen molar-refractivity contribution in [2.75, 3.05) is 56.4 Å². The van der Waals surface area contributed by atoms with Gasteiger partial charge in [-0.2, -0.15) is 0 Å². The molecule has 0 spiro atoms. The highest BCUT2D eigenvalue weighted by molar-refractivity contribution is 5.85. The first kappa shape index (κ1) is 29.2. The van der Waals surface area contributed by atoms with Crippen molar-refractivity contribution < 1.29 is 0 Å². The average molecular weight is 359 g/mol. The number of nitrogens with one attached hydrogen (secondary N) is 1. The first-order chi connectivity index (χ1) is 8.79. The molecular weight excluding hydrogens is 323 g/mol. The first-order valence-corrected chi connectivity index (χ1v) is 6.67. The van der Waals surface area contributed by atoms with Crippen LogP contribution in [0.4, 0.5) is 0 Å². The molecule has 0 atom stereocenters. The second-order valence-corrected chi connectivity index (χ2v) is 6.48. The Morgan fingerprint density at radius 3 is 1.00 bits per heavy atom. The molecule has 0 aliphatic heterocycles. The van der Waals surface area contributed by atoms with Crippen LogP contribution in [0.5, 0.6) is 0 Å². The summed E-state index contributed by atoms with van der Waals surface area (Å²) in [6.07, 6.45) is 0. The Morgan fingerprint density at radius 1 is 0.682 bits per heavy atom. The molecule has 0 saturated carbocycles. The molecule has 0 saturated heterocycles. The zero-order valence-electron chi connectivity index (χ0n) is 16.1. The maximum atomic E-state index is 7.25. The minimum absolute atomic E-state index is 0. The third kappa shape index (κ3) is 15.5. The number of hydrogen-bond acceptors (Lipinski definition) is 2. The summed E-state index contributed by atoms with van der Waals surface area (Å²) in [5.74, 6) is 1.52. The van der Waals surface area contributed by atoms with Gasteiger partial charge < -0.3 is 19.6 Å². The van der Waals surface area contributed by atoms with E-state index in [1.807, 2.05) is 66.2 Å². The van der Waals surface area contributed by atoms with Crippen molar-refractivity contribution in [2.45, 2.75) is 26.3 Å². The van der Waals surface area contributed by atoms with Crippen LogP contribution < -0.4 is 0 Å². The molecule has 136 valence electrons. The molecule has 0 aromatic rings. The van der Waals surface area contributed by atoms with Crippen molar-refractivity contribution in [3.63, 3.8) is 0 Å². The summed E-state index contributed by atoms with van der Waals surface area (Å²) >= 11 is 0. The van der Waals surface area contributed by atoms with Crippen molar-refractivity contribution >= 4 is 36.7 Å². The summed E-state index contributed by atoms with van der Waals surface area (Å²) in [6, 6.07) is 0. The molecule has 0 bridgehead atoms. The van der Waals surface area contributed by atoms with E-state index in [2.05, 4.69) is 25.8 Å². The summed E-state index contributed by atoms with van der Waals surface area (Å²) in [5.41, 5.74) is -0.0100. The van der Waals surface area contributed by atoms with Crippen molar-refractivity contribution in [3.05, 3.63) is 0 Å². The minimum Gasteiger partial charge on any atom is -0.349 e. The highest BCUT2D eigenvalue weighted by Crippen LogP contribution is 2.08. The van der Waals surface area contributed by atoms with Crippen LogP contribution in [0.2, 0.25) is 0 Å². The van der Waals surface area contributed by atoms with Crippen LogP contribution in [0, 0.1) is 5.41 Å². The molecule has 0 aromatic carbocycles. The lowest BCUT2D eigenvalue weighted by atomic mass is 10.1. The number of aliphatic imine (C=N–C) groups is 1. The van der Waals surface area contributed by atoms with E-state index in [1.54, 1.807) is 9.80 Å². The molecule has 0 amide bonds. The van der Waals surface area contributed by atoms with E-state index < -0.39 is 0 Å². The third-order valence-corrected chi connectivity index (χ3v) is 2.08. The van der Waals surface area contributed by atoms with Gasteiger partial charge in [-0.3, -0.25) is 5.41 Å². The zero-order chi connectivity index (χ0) is 16.7. The molecule has 0 radical (unpaired) electrons. The Labute approximate surface area is 149 Å². The maximum Gasteiger partial charge on any atom is 0.196 e. The largest absolute Gasteiger partial charge is 0.349 e. The first-order valence-electron chi connectivity index (χ1n) is 6.67. The van der Waals surface area contributed by atoms with Crippen LogP contribution >= 0.6 is 24.8 Å². The van der Waals surface area contributed by atoms with Crippen molar-refractivity contribution in [2.24, 2.45) is 4.99 Å². The molecule has 1 N–H and O–H groups in total. The normalized spacial score (nSPS) is 9.05. The van der Waals surface area contributed by atoms with Crippen LogP contribution in [-0.4, -0.2) is 93.4 Å². The third-order valence-electron chi connectivity index (χ3n) is 2.08. The van der Waals surface area contributed by atoms with Gasteiger partial charge in [0.25, 0.3) is 0 Å². The highest BCUT2D eigenvalue weighted by Gasteiger charge is 2.12. The van der Waals surface area contributed by atoms with E-state index in [0.29, 0.717) is 5.96 Å². The monoisotopic (exact) mass is 358 g/mol. The smallest absolute Gasteiger partial charge is 0.196 e. The molecule has 0 rings (SSSR count). The van der Waals surface area contributed by atoms with E-state index in [1.165, 1.54) is 0 Å². The molecule has 0 aliphatic rings. The summed E-state index contributed by atoms with van der Waals surface area (Å²) in [4.78, 5) is 12.1. The fourth-order valence-corrected chi connectivity index (χ4v) is 1.30. The Hall–Kier alpha value is -0.880. The van der Waals surface area contributed by atoms with Gasteiger partial charge in [-0.1, -0.05) is 0 Å². The molecule has 0 heterocycles. The maximum absolute atomic E-state index is 7.25.